The van der Waals surface area contributed by atoms with Crippen molar-refractivity contribution in [3.63, 3.8) is 0 Å². The Kier molecular flexibility index (Phi) is 27.2. The SMILES string of the molecule is O=C(O)CCC(CCC(=O)O)(CCC(=O)O)NCCCC(CCC(=O)NC(CCC(=O)O)(CCC(=O)O)CCC(=O)O)(CCC(=O)NC(CCC(=O)O)(CCC(=O)O)CCC(=O)O)NC(=O)c1ccccc1. The molecule has 0 saturated heterocycles. The third kappa shape index (κ3) is 26.7. The summed E-state index contributed by atoms with van der Waals surface area (Å²) in [4.78, 5) is 148. The molecule has 0 aromatic heterocycles. The van der Waals surface area contributed by atoms with E-state index in [4.69, 9.17) is 0 Å². The lowest BCUT2D eigenvalue weighted by atomic mass is 9.80. The fraction of sp³-hybridized carbons (Fsp3) is 0.617. The van der Waals surface area contributed by atoms with Gasteiger partial charge < -0.3 is 67.2 Å². The summed E-state index contributed by atoms with van der Waals surface area (Å²) in [6, 6.07) is 7.61. The van der Waals surface area contributed by atoms with E-state index >= 15 is 0 Å². The molecule has 1 rings (SSSR count). The van der Waals surface area contributed by atoms with E-state index in [0.717, 1.165) is 0 Å². The number of nitrogens with one attached hydrogen (secondary N) is 4. The maximum atomic E-state index is 14.1. The van der Waals surface area contributed by atoms with Crippen molar-refractivity contribution < 1.29 is 103 Å². The molecule has 0 fully saturated rings. The molecule has 0 aliphatic heterocycles. The van der Waals surface area contributed by atoms with Crippen LogP contribution in [0.4, 0.5) is 0 Å². The molecule has 0 aliphatic rings. The number of rotatable bonds is 42. The van der Waals surface area contributed by atoms with Crippen LogP contribution >= 0.6 is 0 Å². The Morgan fingerprint density at radius 1 is 0.319 bits per heavy atom. The molecule has 25 heteroatoms. The first-order chi connectivity index (χ1) is 33.6. The van der Waals surface area contributed by atoms with Gasteiger partial charge in [0, 0.05) is 98.3 Å². The van der Waals surface area contributed by atoms with Gasteiger partial charge in [-0.05, 0) is 102 Å². The number of aliphatic carboxylic acids is 9. The zero-order valence-corrected chi connectivity index (χ0v) is 40.0. The predicted octanol–water partition coefficient (Wildman–Crippen LogP) is 3.32. The van der Waals surface area contributed by atoms with Crippen molar-refractivity contribution in [2.24, 2.45) is 0 Å². The van der Waals surface area contributed by atoms with Crippen molar-refractivity contribution in [1.82, 2.24) is 21.3 Å². The van der Waals surface area contributed by atoms with E-state index in [2.05, 4.69) is 21.3 Å². The van der Waals surface area contributed by atoms with E-state index in [-0.39, 0.29) is 95.6 Å². The Morgan fingerprint density at radius 2 is 0.569 bits per heavy atom. The largest absolute Gasteiger partial charge is 0.481 e. The number of carbonyl (C=O) groups excluding carboxylic acids is 3. The molecule has 402 valence electrons. The number of carboxylic acid groups (broad SMARTS) is 9. The van der Waals surface area contributed by atoms with E-state index in [1.807, 2.05) is 0 Å². The van der Waals surface area contributed by atoms with Gasteiger partial charge in [-0.15, -0.1) is 0 Å². The maximum absolute atomic E-state index is 14.1. The summed E-state index contributed by atoms with van der Waals surface area (Å²) < 4.78 is 0. The fourth-order valence-corrected chi connectivity index (χ4v) is 8.55. The number of carboxylic acids is 9. The van der Waals surface area contributed by atoms with Crippen LogP contribution in [-0.2, 0) is 52.7 Å². The quantitative estimate of drug-likeness (QED) is 0.0418. The van der Waals surface area contributed by atoms with Gasteiger partial charge in [0.15, 0.2) is 0 Å². The van der Waals surface area contributed by atoms with Crippen molar-refractivity contribution in [3.8, 4) is 0 Å². The molecule has 0 saturated carbocycles. The third-order valence-electron chi connectivity index (χ3n) is 12.6. The molecule has 0 unspecified atom stereocenters. The van der Waals surface area contributed by atoms with Gasteiger partial charge in [-0.1, -0.05) is 18.2 Å². The molecule has 13 N–H and O–H groups in total. The van der Waals surface area contributed by atoms with Crippen molar-refractivity contribution in [1.29, 1.82) is 0 Å². The number of carbonyl (C=O) groups is 12. The van der Waals surface area contributed by atoms with E-state index in [9.17, 15) is 103 Å². The Bertz CT molecular complexity index is 1840. The van der Waals surface area contributed by atoms with E-state index in [1.54, 1.807) is 18.2 Å². The van der Waals surface area contributed by atoms with Crippen molar-refractivity contribution >= 4 is 71.4 Å². The first-order valence-corrected chi connectivity index (χ1v) is 23.4. The van der Waals surface area contributed by atoms with Crippen LogP contribution in [0, 0.1) is 0 Å². The molecule has 3 amide bonds. The van der Waals surface area contributed by atoms with E-state index < -0.39 is 164 Å². The molecule has 25 nitrogen and oxygen atoms in total. The zero-order valence-electron chi connectivity index (χ0n) is 40.0. The van der Waals surface area contributed by atoms with Crippen LogP contribution in [0.15, 0.2) is 30.3 Å². The lowest BCUT2D eigenvalue weighted by Gasteiger charge is -2.39. The van der Waals surface area contributed by atoms with Gasteiger partial charge in [-0.2, -0.15) is 0 Å². The molecule has 1 aromatic carbocycles. The summed E-state index contributed by atoms with van der Waals surface area (Å²) >= 11 is 0. The average molecular weight is 1030 g/mol. The molecule has 0 aliphatic carbocycles. The molecule has 72 heavy (non-hydrogen) atoms. The Balaban J connectivity index is 3.99. The van der Waals surface area contributed by atoms with Gasteiger partial charge in [-0.25, -0.2) is 0 Å². The Hall–Kier alpha value is -7.18. The number of amides is 3. The van der Waals surface area contributed by atoms with Crippen LogP contribution in [0.5, 0.6) is 0 Å². The van der Waals surface area contributed by atoms with Gasteiger partial charge in [0.05, 0.1) is 0 Å². The second-order valence-electron chi connectivity index (χ2n) is 18.1. The highest BCUT2D eigenvalue weighted by atomic mass is 16.4. The first kappa shape index (κ1) is 62.8. The molecule has 0 heterocycles. The van der Waals surface area contributed by atoms with Crippen LogP contribution in [0.25, 0.3) is 0 Å². The van der Waals surface area contributed by atoms with Crippen LogP contribution in [0.1, 0.15) is 164 Å². The summed E-state index contributed by atoms with van der Waals surface area (Å²) in [7, 11) is 0. The second-order valence-corrected chi connectivity index (χ2v) is 18.1. The molecule has 0 bridgehead atoms. The normalized spacial score (nSPS) is 11.7. The van der Waals surface area contributed by atoms with Crippen molar-refractivity contribution in [3.05, 3.63) is 35.9 Å². The minimum Gasteiger partial charge on any atom is -0.481 e. The lowest BCUT2D eigenvalue weighted by Crippen LogP contribution is -2.53. The van der Waals surface area contributed by atoms with Crippen molar-refractivity contribution in [2.45, 2.75) is 176 Å². The standard InChI is InChI=1S/C47H68N4O21/c52-32(49-46(24-12-37(60)61,25-13-38(62)63)26-14-39(64)65)7-19-45(51-43(72)31-5-2-1-3-6-31,18-4-30-48-44(21-9-34(54)55,22-10-35(56)57)23-11-36(58)59)20-8-33(53)50-47(27-15-40(66)67,28-16-41(68)69)29-17-42(70)71/h1-3,5-6,48H,4,7-30H2,(H,49,52)(H,50,53)(H,51,72)(H,54,55)(H,56,57)(H,58,59)(H,60,61)(H,62,63)(H,64,65)(H,66,67)(H,68,69)(H,70,71). The molecule has 1 aromatic rings. The number of hydrogen-bond donors (Lipinski definition) is 13. The van der Waals surface area contributed by atoms with Crippen LogP contribution in [0.3, 0.4) is 0 Å². The highest BCUT2D eigenvalue weighted by molar-refractivity contribution is 5.94. The minimum absolute atomic E-state index is 0.00713. The van der Waals surface area contributed by atoms with Crippen molar-refractivity contribution in [2.75, 3.05) is 6.54 Å². The summed E-state index contributed by atoms with van der Waals surface area (Å²) in [5.41, 5.74) is -6.20. The molecule has 0 radical (unpaired) electrons. The summed E-state index contributed by atoms with van der Waals surface area (Å²) in [6.07, 6.45) is -9.81. The van der Waals surface area contributed by atoms with Gasteiger partial charge in [-0.3, -0.25) is 57.5 Å². The number of benzene rings is 1. The minimum atomic E-state index is -1.66. The molecule has 0 spiro atoms. The molecular formula is C47H68N4O21. The van der Waals surface area contributed by atoms with Crippen LogP contribution < -0.4 is 21.3 Å². The monoisotopic (exact) mass is 1020 g/mol. The predicted molar refractivity (Wildman–Crippen MR) is 249 cm³/mol. The lowest BCUT2D eigenvalue weighted by molar-refractivity contribution is -0.141. The van der Waals surface area contributed by atoms with E-state index in [0.29, 0.717) is 0 Å². The fourth-order valence-electron chi connectivity index (χ4n) is 8.55. The highest BCUT2D eigenvalue weighted by Gasteiger charge is 2.39. The van der Waals surface area contributed by atoms with Crippen LogP contribution in [0.2, 0.25) is 0 Å². The van der Waals surface area contributed by atoms with Crippen LogP contribution in [-0.4, -0.2) is 146 Å². The summed E-state index contributed by atoms with van der Waals surface area (Å²) in [6.45, 7) is -0.0917. The topological polar surface area (TPSA) is 435 Å². The second kappa shape index (κ2) is 31.2. The van der Waals surface area contributed by atoms with Gasteiger partial charge in [0.2, 0.25) is 11.8 Å². The summed E-state index contributed by atoms with van der Waals surface area (Å²) in [5.74, 6) is -14.1. The maximum Gasteiger partial charge on any atom is 0.303 e. The van der Waals surface area contributed by atoms with Gasteiger partial charge >= 0.3 is 53.7 Å². The molecular weight excluding hydrogens is 957 g/mol. The number of hydrogen-bond acceptors (Lipinski definition) is 13. The zero-order chi connectivity index (χ0) is 54.5. The van der Waals surface area contributed by atoms with Gasteiger partial charge in [0.25, 0.3) is 5.91 Å². The van der Waals surface area contributed by atoms with Gasteiger partial charge in [0.1, 0.15) is 0 Å². The third-order valence-corrected chi connectivity index (χ3v) is 12.6. The first-order valence-electron chi connectivity index (χ1n) is 23.4. The average Bonchev–Trinajstić information content (AvgIpc) is 3.30. The smallest absolute Gasteiger partial charge is 0.303 e. The Morgan fingerprint density at radius 3 is 0.847 bits per heavy atom. The molecule has 0 atom stereocenters. The highest BCUT2D eigenvalue weighted by Crippen LogP contribution is 2.32. The Labute approximate surface area is 414 Å². The summed E-state index contributed by atoms with van der Waals surface area (Å²) in [5, 5.41) is 97.1. The van der Waals surface area contributed by atoms with E-state index in [1.165, 1.54) is 12.1 Å².